The summed E-state index contributed by atoms with van der Waals surface area (Å²) in [6.07, 6.45) is 0.914. The van der Waals surface area contributed by atoms with Crippen molar-refractivity contribution < 1.29 is 4.74 Å². The van der Waals surface area contributed by atoms with Crippen LogP contribution < -0.4 is 11.1 Å². The molecular weight excluding hydrogens is 154 g/mol. The standard InChI is InChI=1S/C8H19N3O/c1-7(2)11-8(9)10-5-4-6-12-3/h7H,4-6H2,1-3H3,(H3,9,10,11). The molecule has 0 saturated heterocycles. The fourth-order valence-corrected chi connectivity index (χ4v) is 0.750. The van der Waals surface area contributed by atoms with E-state index in [1.54, 1.807) is 7.11 Å². The summed E-state index contributed by atoms with van der Waals surface area (Å²) in [4.78, 5) is 4.11. The average molecular weight is 173 g/mol. The summed E-state index contributed by atoms with van der Waals surface area (Å²) in [7, 11) is 1.68. The Labute approximate surface area is 74.2 Å². The Balaban J connectivity index is 3.41. The lowest BCUT2D eigenvalue weighted by Gasteiger charge is -2.07. The summed E-state index contributed by atoms with van der Waals surface area (Å²) in [6, 6.07) is 0.344. The van der Waals surface area contributed by atoms with E-state index in [9.17, 15) is 0 Å². The number of hydrogen-bond donors (Lipinski definition) is 2. The Bertz CT molecular complexity index is 134. The maximum Gasteiger partial charge on any atom is 0.188 e. The summed E-state index contributed by atoms with van der Waals surface area (Å²) in [6.45, 7) is 5.51. The van der Waals surface area contributed by atoms with Gasteiger partial charge in [0, 0.05) is 26.3 Å². The Morgan fingerprint density at radius 3 is 2.75 bits per heavy atom. The second kappa shape index (κ2) is 6.91. The van der Waals surface area contributed by atoms with Gasteiger partial charge in [0.2, 0.25) is 0 Å². The van der Waals surface area contributed by atoms with Crippen molar-refractivity contribution in [3.8, 4) is 0 Å². The monoisotopic (exact) mass is 173 g/mol. The molecule has 4 nitrogen and oxygen atoms in total. The molecule has 0 fully saturated rings. The van der Waals surface area contributed by atoms with Crippen molar-refractivity contribution in [3.63, 3.8) is 0 Å². The van der Waals surface area contributed by atoms with E-state index in [0.717, 1.165) is 19.6 Å². The third-order valence-corrected chi connectivity index (χ3v) is 1.23. The highest BCUT2D eigenvalue weighted by atomic mass is 16.5. The number of aliphatic imine (C=N–C) groups is 1. The summed E-state index contributed by atoms with van der Waals surface area (Å²) in [5, 5.41) is 3.01. The molecule has 3 N–H and O–H groups in total. The largest absolute Gasteiger partial charge is 0.385 e. The molecule has 0 radical (unpaired) electrons. The quantitative estimate of drug-likeness (QED) is 0.358. The van der Waals surface area contributed by atoms with Crippen LogP contribution in [0.3, 0.4) is 0 Å². The average Bonchev–Trinajstić information content (AvgIpc) is 1.97. The number of methoxy groups -OCH3 is 1. The normalized spacial score (nSPS) is 12.2. The summed E-state index contributed by atoms with van der Waals surface area (Å²) in [5.41, 5.74) is 5.55. The Hall–Kier alpha value is -0.770. The predicted molar refractivity (Wildman–Crippen MR) is 51.3 cm³/mol. The molecule has 0 atom stereocenters. The van der Waals surface area contributed by atoms with E-state index in [-0.39, 0.29) is 0 Å². The third kappa shape index (κ3) is 7.34. The minimum absolute atomic E-state index is 0.344. The molecule has 0 saturated carbocycles. The van der Waals surface area contributed by atoms with Gasteiger partial charge < -0.3 is 15.8 Å². The highest BCUT2D eigenvalue weighted by molar-refractivity contribution is 5.77. The minimum Gasteiger partial charge on any atom is -0.385 e. The van der Waals surface area contributed by atoms with Crippen molar-refractivity contribution in [2.45, 2.75) is 26.3 Å². The lowest BCUT2D eigenvalue weighted by atomic mass is 10.4. The van der Waals surface area contributed by atoms with Gasteiger partial charge in [-0.1, -0.05) is 0 Å². The fourth-order valence-electron chi connectivity index (χ4n) is 0.750. The predicted octanol–water partition coefficient (Wildman–Crippen LogP) is 0.336. The summed E-state index contributed by atoms with van der Waals surface area (Å²) < 4.78 is 4.87. The van der Waals surface area contributed by atoms with Crippen LogP contribution in [0.25, 0.3) is 0 Å². The van der Waals surface area contributed by atoms with Crippen LogP contribution in [-0.2, 0) is 4.74 Å². The molecule has 0 aromatic rings. The first-order valence-corrected chi connectivity index (χ1v) is 4.22. The first-order chi connectivity index (χ1) is 5.66. The highest BCUT2D eigenvalue weighted by Gasteiger charge is 1.93. The second-order valence-electron chi connectivity index (χ2n) is 2.91. The molecule has 0 unspecified atom stereocenters. The number of rotatable bonds is 5. The molecule has 72 valence electrons. The number of hydrogen-bond acceptors (Lipinski definition) is 2. The molecule has 0 aliphatic carbocycles. The maximum absolute atomic E-state index is 5.55. The maximum atomic E-state index is 5.55. The molecule has 0 aromatic carbocycles. The van der Waals surface area contributed by atoms with Crippen LogP contribution in [0.1, 0.15) is 20.3 Å². The van der Waals surface area contributed by atoms with Crippen LogP contribution in [-0.4, -0.2) is 32.3 Å². The van der Waals surface area contributed by atoms with E-state index in [1.165, 1.54) is 0 Å². The van der Waals surface area contributed by atoms with E-state index < -0.39 is 0 Å². The summed E-state index contributed by atoms with van der Waals surface area (Å²) >= 11 is 0. The second-order valence-corrected chi connectivity index (χ2v) is 2.91. The van der Waals surface area contributed by atoms with Gasteiger partial charge in [0.25, 0.3) is 0 Å². The van der Waals surface area contributed by atoms with Crippen molar-refractivity contribution in [1.29, 1.82) is 0 Å². The smallest absolute Gasteiger partial charge is 0.188 e. The molecule has 0 bridgehead atoms. The van der Waals surface area contributed by atoms with Crippen LogP contribution in [0.4, 0.5) is 0 Å². The van der Waals surface area contributed by atoms with E-state index in [0.29, 0.717) is 12.0 Å². The topological polar surface area (TPSA) is 59.6 Å². The van der Waals surface area contributed by atoms with Gasteiger partial charge in [0.15, 0.2) is 5.96 Å². The van der Waals surface area contributed by atoms with Crippen molar-refractivity contribution in [1.82, 2.24) is 5.32 Å². The van der Waals surface area contributed by atoms with E-state index >= 15 is 0 Å². The van der Waals surface area contributed by atoms with E-state index in [1.807, 2.05) is 13.8 Å². The van der Waals surface area contributed by atoms with E-state index in [2.05, 4.69) is 10.3 Å². The van der Waals surface area contributed by atoms with Gasteiger partial charge in [-0.3, -0.25) is 4.99 Å². The number of nitrogens with two attached hydrogens (primary N) is 1. The van der Waals surface area contributed by atoms with E-state index in [4.69, 9.17) is 10.5 Å². The number of guanidine groups is 1. The van der Waals surface area contributed by atoms with Crippen molar-refractivity contribution >= 4 is 5.96 Å². The van der Waals surface area contributed by atoms with Crippen LogP contribution in [0, 0.1) is 0 Å². The van der Waals surface area contributed by atoms with Crippen LogP contribution in [0.2, 0.25) is 0 Å². The molecule has 0 aliphatic heterocycles. The van der Waals surface area contributed by atoms with Gasteiger partial charge in [0.05, 0.1) is 0 Å². The zero-order chi connectivity index (χ0) is 9.40. The summed E-state index contributed by atoms with van der Waals surface area (Å²) in [5.74, 6) is 0.515. The molecule has 0 heterocycles. The molecular formula is C8H19N3O. The van der Waals surface area contributed by atoms with Crippen molar-refractivity contribution in [2.75, 3.05) is 20.3 Å². The zero-order valence-corrected chi connectivity index (χ0v) is 8.13. The first kappa shape index (κ1) is 11.2. The molecule has 0 amide bonds. The SMILES string of the molecule is COCCCN=C(N)NC(C)C. The van der Waals surface area contributed by atoms with Crippen LogP contribution in [0.15, 0.2) is 4.99 Å². The first-order valence-electron chi connectivity index (χ1n) is 4.22. The minimum atomic E-state index is 0.344. The van der Waals surface area contributed by atoms with Gasteiger partial charge >= 0.3 is 0 Å². The molecule has 0 rings (SSSR count). The molecule has 12 heavy (non-hydrogen) atoms. The van der Waals surface area contributed by atoms with Crippen molar-refractivity contribution in [2.24, 2.45) is 10.7 Å². The van der Waals surface area contributed by atoms with Gasteiger partial charge in [-0.25, -0.2) is 0 Å². The third-order valence-electron chi connectivity index (χ3n) is 1.23. The Morgan fingerprint density at radius 2 is 2.25 bits per heavy atom. The molecule has 0 spiro atoms. The molecule has 4 heteroatoms. The van der Waals surface area contributed by atoms with Gasteiger partial charge in [-0.05, 0) is 20.3 Å². The van der Waals surface area contributed by atoms with Gasteiger partial charge in [0.1, 0.15) is 0 Å². The number of nitrogens with zero attached hydrogens (tertiary/aromatic N) is 1. The Morgan fingerprint density at radius 1 is 1.58 bits per heavy atom. The fraction of sp³-hybridized carbons (Fsp3) is 0.875. The van der Waals surface area contributed by atoms with Crippen molar-refractivity contribution in [3.05, 3.63) is 0 Å². The van der Waals surface area contributed by atoms with Gasteiger partial charge in [-0.15, -0.1) is 0 Å². The molecule has 0 aromatic heterocycles. The zero-order valence-electron chi connectivity index (χ0n) is 8.13. The lowest BCUT2D eigenvalue weighted by molar-refractivity contribution is 0.197. The number of nitrogens with one attached hydrogen (secondary N) is 1. The molecule has 0 aliphatic rings. The van der Waals surface area contributed by atoms with Crippen LogP contribution >= 0.6 is 0 Å². The Kier molecular flexibility index (Phi) is 6.47. The lowest BCUT2D eigenvalue weighted by Crippen LogP contribution is -2.36. The highest BCUT2D eigenvalue weighted by Crippen LogP contribution is 1.82. The van der Waals surface area contributed by atoms with Gasteiger partial charge in [-0.2, -0.15) is 0 Å². The number of ether oxygens (including phenoxy) is 1. The van der Waals surface area contributed by atoms with Crippen LogP contribution in [0.5, 0.6) is 0 Å².